The number of rotatable bonds is 3. The summed E-state index contributed by atoms with van der Waals surface area (Å²) in [4.78, 5) is 38.1. The van der Waals surface area contributed by atoms with Crippen LogP contribution < -0.4 is 11.1 Å². The maximum atomic E-state index is 13.7. The van der Waals surface area contributed by atoms with Crippen LogP contribution in [0.4, 0.5) is 13.6 Å². The van der Waals surface area contributed by atoms with E-state index >= 15 is 0 Å². The second-order valence-electron chi connectivity index (χ2n) is 5.47. The van der Waals surface area contributed by atoms with Crippen LogP contribution in [0.2, 0.25) is 0 Å². The summed E-state index contributed by atoms with van der Waals surface area (Å²) in [6.07, 6.45) is 0. The number of halogens is 2. The number of primary amides is 1. The number of nitrogens with one attached hydrogen (secondary N) is 1. The van der Waals surface area contributed by atoms with E-state index in [9.17, 15) is 23.2 Å². The van der Waals surface area contributed by atoms with Gasteiger partial charge in [-0.3, -0.25) is 9.59 Å². The molecular formula is C15H18F2N4O3. The standard InChI is InChI=1S/C15H18F2N4O3/c1-9(19-15(18)24)13(22)20-4-6-21(7-5-20)14(23)11-3-2-10(16)8-12(11)17/h2-3,8-9H,4-7H2,1H3,(H3,18,19,24). The Bertz CT molecular complexity index is 660. The fourth-order valence-electron chi connectivity index (χ4n) is 2.51. The third-order valence-electron chi connectivity index (χ3n) is 3.77. The van der Waals surface area contributed by atoms with Crippen molar-refractivity contribution >= 4 is 17.8 Å². The van der Waals surface area contributed by atoms with Crippen LogP contribution in [0.15, 0.2) is 18.2 Å². The van der Waals surface area contributed by atoms with E-state index in [2.05, 4.69) is 5.32 Å². The van der Waals surface area contributed by atoms with Gasteiger partial charge in [0.05, 0.1) is 5.56 Å². The quantitative estimate of drug-likeness (QED) is 0.829. The molecule has 1 aliphatic rings. The molecule has 1 unspecified atom stereocenters. The summed E-state index contributed by atoms with van der Waals surface area (Å²) in [5.41, 5.74) is 4.77. The molecule has 1 aromatic rings. The number of hydrogen-bond acceptors (Lipinski definition) is 3. The molecule has 2 rings (SSSR count). The summed E-state index contributed by atoms with van der Waals surface area (Å²) in [5.74, 6) is -2.54. The maximum Gasteiger partial charge on any atom is 0.312 e. The number of benzene rings is 1. The van der Waals surface area contributed by atoms with Crippen molar-refractivity contribution in [3.63, 3.8) is 0 Å². The van der Waals surface area contributed by atoms with Crippen molar-refractivity contribution in [1.29, 1.82) is 0 Å². The molecule has 0 aromatic heterocycles. The van der Waals surface area contributed by atoms with Crippen LogP contribution in [-0.4, -0.2) is 59.9 Å². The second kappa shape index (κ2) is 7.24. The van der Waals surface area contributed by atoms with E-state index in [1.807, 2.05) is 0 Å². The minimum absolute atomic E-state index is 0.208. The maximum absolute atomic E-state index is 13.7. The Morgan fingerprint density at radius 3 is 2.25 bits per heavy atom. The van der Waals surface area contributed by atoms with E-state index in [1.54, 1.807) is 0 Å². The molecule has 0 aliphatic carbocycles. The molecule has 1 saturated heterocycles. The predicted octanol–water partition coefficient (Wildman–Crippen LogP) is 0.306. The van der Waals surface area contributed by atoms with E-state index in [4.69, 9.17) is 5.73 Å². The Morgan fingerprint density at radius 1 is 1.12 bits per heavy atom. The fourth-order valence-corrected chi connectivity index (χ4v) is 2.51. The minimum Gasteiger partial charge on any atom is -0.352 e. The van der Waals surface area contributed by atoms with E-state index in [0.29, 0.717) is 6.07 Å². The van der Waals surface area contributed by atoms with Crippen LogP contribution >= 0.6 is 0 Å². The van der Waals surface area contributed by atoms with Crippen LogP contribution in [0, 0.1) is 11.6 Å². The molecule has 130 valence electrons. The summed E-state index contributed by atoms with van der Waals surface area (Å²) in [7, 11) is 0. The smallest absolute Gasteiger partial charge is 0.312 e. The van der Waals surface area contributed by atoms with E-state index in [0.717, 1.165) is 12.1 Å². The lowest BCUT2D eigenvalue weighted by Gasteiger charge is -2.36. The normalized spacial score (nSPS) is 15.8. The lowest BCUT2D eigenvalue weighted by molar-refractivity contribution is -0.134. The van der Waals surface area contributed by atoms with Crippen LogP contribution in [0.25, 0.3) is 0 Å². The van der Waals surface area contributed by atoms with Crippen LogP contribution in [0.3, 0.4) is 0 Å². The fraction of sp³-hybridized carbons (Fsp3) is 0.400. The van der Waals surface area contributed by atoms with Gasteiger partial charge in [0.2, 0.25) is 5.91 Å². The summed E-state index contributed by atoms with van der Waals surface area (Å²) < 4.78 is 26.6. The highest BCUT2D eigenvalue weighted by Crippen LogP contribution is 2.14. The molecule has 0 spiro atoms. The van der Waals surface area contributed by atoms with Gasteiger partial charge in [0.25, 0.3) is 5.91 Å². The first-order valence-corrected chi connectivity index (χ1v) is 7.38. The van der Waals surface area contributed by atoms with Crippen molar-refractivity contribution in [2.24, 2.45) is 5.73 Å². The summed E-state index contributed by atoms with van der Waals surface area (Å²) in [6, 6.07) is 1.22. The molecule has 0 saturated carbocycles. The molecule has 0 bridgehead atoms. The van der Waals surface area contributed by atoms with Gasteiger partial charge in [-0.1, -0.05) is 0 Å². The number of urea groups is 1. The molecule has 3 N–H and O–H groups in total. The molecule has 1 aliphatic heterocycles. The number of nitrogens with zero attached hydrogens (tertiary/aromatic N) is 2. The van der Waals surface area contributed by atoms with Gasteiger partial charge in [0.15, 0.2) is 0 Å². The average Bonchev–Trinajstić information content (AvgIpc) is 2.53. The van der Waals surface area contributed by atoms with Gasteiger partial charge in [0.1, 0.15) is 17.7 Å². The molecule has 1 fully saturated rings. The number of hydrogen-bond donors (Lipinski definition) is 2. The number of carbonyl (C=O) groups excluding carboxylic acids is 3. The highest BCUT2D eigenvalue weighted by molar-refractivity contribution is 5.94. The first kappa shape index (κ1) is 17.6. The molecule has 4 amide bonds. The van der Waals surface area contributed by atoms with Crippen molar-refractivity contribution in [3.05, 3.63) is 35.4 Å². The highest BCUT2D eigenvalue weighted by Gasteiger charge is 2.28. The predicted molar refractivity (Wildman–Crippen MR) is 81.0 cm³/mol. The third-order valence-corrected chi connectivity index (χ3v) is 3.77. The van der Waals surface area contributed by atoms with Gasteiger partial charge in [-0.15, -0.1) is 0 Å². The molecule has 7 nitrogen and oxygen atoms in total. The van der Waals surface area contributed by atoms with Crippen molar-refractivity contribution < 1.29 is 23.2 Å². The summed E-state index contributed by atoms with van der Waals surface area (Å²) in [5, 5.41) is 2.29. The van der Waals surface area contributed by atoms with E-state index < -0.39 is 29.6 Å². The Kier molecular flexibility index (Phi) is 5.32. The Morgan fingerprint density at radius 2 is 1.71 bits per heavy atom. The summed E-state index contributed by atoms with van der Waals surface area (Å²) in [6.45, 7) is 2.43. The average molecular weight is 340 g/mol. The summed E-state index contributed by atoms with van der Waals surface area (Å²) >= 11 is 0. The molecule has 0 radical (unpaired) electrons. The van der Waals surface area contributed by atoms with E-state index in [1.165, 1.54) is 16.7 Å². The largest absolute Gasteiger partial charge is 0.352 e. The van der Waals surface area contributed by atoms with Crippen LogP contribution in [-0.2, 0) is 4.79 Å². The van der Waals surface area contributed by atoms with Gasteiger partial charge < -0.3 is 20.9 Å². The van der Waals surface area contributed by atoms with Crippen molar-refractivity contribution in [1.82, 2.24) is 15.1 Å². The monoisotopic (exact) mass is 340 g/mol. The van der Waals surface area contributed by atoms with Gasteiger partial charge in [-0.05, 0) is 19.1 Å². The van der Waals surface area contributed by atoms with Gasteiger partial charge >= 0.3 is 6.03 Å². The SMILES string of the molecule is CC(NC(N)=O)C(=O)N1CCN(C(=O)c2ccc(F)cc2F)CC1. The zero-order valence-corrected chi connectivity index (χ0v) is 13.1. The van der Waals surface area contributed by atoms with Gasteiger partial charge in [-0.2, -0.15) is 0 Å². The third kappa shape index (κ3) is 3.98. The molecule has 24 heavy (non-hydrogen) atoms. The van der Waals surface area contributed by atoms with Crippen molar-refractivity contribution in [2.45, 2.75) is 13.0 Å². The molecule has 9 heteroatoms. The molecule has 1 aromatic carbocycles. The number of piperazine rings is 1. The molecular weight excluding hydrogens is 322 g/mol. The second-order valence-corrected chi connectivity index (χ2v) is 5.47. The zero-order valence-electron chi connectivity index (χ0n) is 13.1. The van der Waals surface area contributed by atoms with Crippen molar-refractivity contribution in [2.75, 3.05) is 26.2 Å². The van der Waals surface area contributed by atoms with Gasteiger partial charge in [-0.25, -0.2) is 13.6 Å². The number of carbonyl (C=O) groups is 3. The number of nitrogens with two attached hydrogens (primary N) is 1. The Balaban J connectivity index is 1.96. The topological polar surface area (TPSA) is 95.7 Å². The van der Waals surface area contributed by atoms with Crippen molar-refractivity contribution in [3.8, 4) is 0 Å². The Labute approximate surface area is 137 Å². The first-order chi connectivity index (χ1) is 11.3. The van der Waals surface area contributed by atoms with Gasteiger partial charge in [0, 0.05) is 32.2 Å². The lowest BCUT2D eigenvalue weighted by Crippen LogP contribution is -2.55. The van der Waals surface area contributed by atoms with Crippen LogP contribution in [0.1, 0.15) is 17.3 Å². The molecule has 1 heterocycles. The molecule has 1 atom stereocenters. The first-order valence-electron chi connectivity index (χ1n) is 7.38. The lowest BCUT2D eigenvalue weighted by atomic mass is 10.1. The van der Waals surface area contributed by atoms with Crippen LogP contribution in [0.5, 0.6) is 0 Å². The zero-order chi connectivity index (χ0) is 17.9. The minimum atomic E-state index is -0.919. The van der Waals surface area contributed by atoms with E-state index in [-0.39, 0.29) is 37.6 Å². The highest BCUT2D eigenvalue weighted by atomic mass is 19.1. The Hall–Kier alpha value is -2.71. The number of amides is 4.